The van der Waals surface area contributed by atoms with Gasteiger partial charge in [-0.1, -0.05) is 77.1 Å². The summed E-state index contributed by atoms with van der Waals surface area (Å²) in [6.45, 7) is 13.1. The van der Waals surface area contributed by atoms with Crippen LogP contribution in [0.1, 0.15) is 56.9 Å². The van der Waals surface area contributed by atoms with Crippen LogP contribution in [0, 0.1) is 6.92 Å². The average molecular weight is 357 g/mol. The first-order valence-corrected chi connectivity index (χ1v) is 9.69. The summed E-state index contributed by atoms with van der Waals surface area (Å²) in [5.41, 5.74) is 9.40. The lowest BCUT2D eigenvalue weighted by atomic mass is 9.80. The van der Waals surface area contributed by atoms with Gasteiger partial charge in [0.05, 0.1) is 0 Å². The second kappa shape index (κ2) is 5.73. The van der Waals surface area contributed by atoms with E-state index in [1.807, 2.05) is 0 Å². The highest BCUT2D eigenvalue weighted by molar-refractivity contribution is 5.84. The standard InChI is InChI=1S/C26H28O/c1-16-13-20(24(27)23(14-16)25(2,3)4)17-11-12-19-18-9-7-8-10-21(18)26(5,6)22(19)15-17/h7-15,27H,1-6H3. The van der Waals surface area contributed by atoms with Crippen molar-refractivity contribution in [1.29, 1.82) is 0 Å². The molecule has 0 saturated heterocycles. The smallest absolute Gasteiger partial charge is 0.127 e. The molecule has 1 aliphatic carbocycles. The van der Waals surface area contributed by atoms with Crippen LogP contribution in [0.5, 0.6) is 5.75 Å². The molecule has 4 rings (SSSR count). The zero-order chi connectivity index (χ0) is 19.6. The maximum Gasteiger partial charge on any atom is 0.127 e. The van der Waals surface area contributed by atoms with Crippen molar-refractivity contribution in [1.82, 2.24) is 0 Å². The lowest BCUT2D eigenvalue weighted by molar-refractivity contribution is 0.448. The Hall–Kier alpha value is -2.54. The van der Waals surface area contributed by atoms with E-state index in [2.05, 4.69) is 96.1 Å². The number of benzene rings is 3. The van der Waals surface area contributed by atoms with Gasteiger partial charge in [-0.3, -0.25) is 0 Å². The van der Waals surface area contributed by atoms with Crippen molar-refractivity contribution in [2.75, 3.05) is 0 Å². The number of aryl methyl sites for hydroxylation is 1. The van der Waals surface area contributed by atoms with Crippen LogP contribution in [0.15, 0.2) is 54.6 Å². The molecule has 0 radical (unpaired) electrons. The van der Waals surface area contributed by atoms with Crippen molar-refractivity contribution >= 4 is 0 Å². The van der Waals surface area contributed by atoms with E-state index in [0.717, 1.165) is 16.7 Å². The number of hydrogen-bond donors (Lipinski definition) is 1. The summed E-state index contributed by atoms with van der Waals surface area (Å²) in [7, 11) is 0. The Bertz CT molecular complexity index is 1050. The molecule has 1 heteroatoms. The van der Waals surface area contributed by atoms with E-state index < -0.39 is 0 Å². The molecule has 0 amide bonds. The maximum atomic E-state index is 11.1. The molecule has 0 saturated carbocycles. The maximum absolute atomic E-state index is 11.1. The molecule has 0 unspecified atom stereocenters. The van der Waals surface area contributed by atoms with Crippen molar-refractivity contribution in [2.24, 2.45) is 0 Å². The second-order valence-electron chi connectivity index (χ2n) is 9.39. The number of rotatable bonds is 1. The molecule has 1 nitrogen and oxygen atoms in total. The van der Waals surface area contributed by atoms with Crippen LogP contribution in [0.4, 0.5) is 0 Å². The minimum atomic E-state index is -0.100. The third kappa shape index (κ3) is 2.68. The van der Waals surface area contributed by atoms with Gasteiger partial charge in [-0.05, 0) is 57.9 Å². The van der Waals surface area contributed by atoms with Gasteiger partial charge in [-0.15, -0.1) is 0 Å². The van der Waals surface area contributed by atoms with E-state index in [0.29, 0.717) is 5.75 Å². The summed E-state index contributed by atoms with van der Waals surface area (Å²) in [6, 6.07) is 19.5. The third-order valence-electron chi connectivity index (χ3n) is 5.96. The van der Waals surface area contributed by atoms with Crippen molar-refractivity contribution in [2.45, 2.75) is 52.4 Å². The van der Waals surface area contributed by atoms with Gasteiger partial charge >= 0.3 is 0 Å². The van der Waals surface area contributed by atoms with Gasteiger partial charge in [-0.25, -0.2) is 0 Å². The van der Waals surface area contributed by atoms with Crippen molar-refractivity contribution < 1.29 is 5.11 Å². The summed E-state index contributed by atoms with van der Waals surface area (Å²) in [4.78, 5) is 0. The first kappa shape index (κ1) is 17.9. The van der Waals surface area contributed by atoms with E-state index in [9.17, 15) is 5.11 Å². The van der Waals surface area contributed by atoms with Gasteiger partial charge in [0.2, 0.25) is 0 Å². The van der Waals surface area contributed by atoms with Gasteiger partial charge in [0, 0.05) is 16.5 Å². The number of hydrogen-bond acceptors (Lipinski definition) is 1. The van der Waals surface area contributed by atoms with Crippen molar-refractivity contribution in [3.63, 3.8) is 0 Å². The lowest BCUT2D eigenvalue weighted by Crippen LogP contribution is -2.15. The van der Waals surface area contributed by atoms with E-state index in [-0.39, 0.29) is 10.8 Å². The summed E-state index contributed by atoms with van der Waals surface area (Å²) < 4.78 is 0. The molecule has 0 atom stereocenters. The predicted molar refractivity (Wildman–Crippen MR) is 115 cm³/mol. The van der Waals surface area contributed by atoms with Crippen LogP contribution in [-0.2, 0) is 10.8 Å². The van der Waals surface area contributed by atoms with Gasteiger partial charge in [0.1, 0.15) is 5.75 Å². The number of phenolic OH excluding ortho intramolecular Hbond substituents is 1. The average Bonchev–Trinajstić information content (AvgIpc) is 2.84. The molecule has 138 valence electrons. The fraction of sp³-hybridized carbons (Fsp3) is 0.308. The van der Waals surface area contributed by atoms with Gasteiger partial charge in [0.15, 0.2) is 0 Å². The Kier molecular flexibility index (Phi) is 3.79. The minimum Gasteiger partial charge on any atom is -0.507 e. The normalized spacial score (nSPS) is 14.7. The zero-order valence-electron chi connectivity index (χ0n) is 17.1. The molecule has 1 aliphatic rings. The molecule has 1 N–H and O–H groups in total. The van der Waals surface area contributed by atoms with Crippen LogP contribution >= 0.6 is 0 Å². The third-order valence-corrected chi connectivity index (χ3v) is 5.96. The fourth-order valence-electron chi connectivity index (χ4n) is 4.44. The summed E-state index contributed by atoms with van der Waals surface area (Å²) in [5.74, 6) is 0.404. The zero-order valence-corrected chi connectivity index (χ0v) is 17.1. The molecular weight excluding hydrogens is 328 g/mol. The van der Waals surface area contributed by atoms with E-state index in [4.69, 9.17) is 0 Å². The Balaban J connectivity index is 1.93. The highest BCUT2D eigenvalue weighted by Crippen LogP contribution is 2.50. The number of phenols is 1. The Morgan fingerprint density at radius 3 is 2.15 bits per heavy atom. The summed E-state index contributed by atoms with van der Waals surface area (Å²) >= 11 is 0. The molecular formula is C26H28O. The van der Waals surface area contributed by atoms with Crippen LogP contribution < -0.4 is 0 Å². The SMILES string of the molecule is Cc1cc(-c2ccc3c(c2)C(C)(C)c2ccccc2-3)c(O)c(C(C)(C)C)c1. The van der Waals surface area contributed by atoms with E-state index in [1.54, 1.807) is 0 Å². The van der Waals surface area contributed by atoms with E-state index in [1.165, 1.54) is 27.8 Å². The van der Waals surface area contributed by atoms with Crippen LogP contribution in [0.2, 0.25) is 0 Å². The van der Waals surface area contributed by atoms with Crippen molar-refractivity contribution in [3.8, 4) is 28.0 Å². The molecule has 0 fully saturated rings. The van der Waals surface area contributed by atoms with Gasteiger partial charge < -0.3 is 5.11 Å². The highest BCUT2D eigenvalue weighted by Gasteiger charge is 2.35. The van der Waals surface area contributed by atoms with Gasteiger partial charge in [-0.2, -0.15) is 0 Å². The molecule has 0 spiro atoms. The van der Waals surface area contributed by atoms with Crippen molar-refractivity contribution in [3.05, 3.63) is 76.9 Å². The molecule has 0 aliphatic heterocycles. The molecule has 3 aromatic rings. The first-order valence-electron chi connectivity index (χ1n) is 9.69. The Labute approximate surface area is 162 Å². The van der Waals surface area contributed by atoms with E-state index >= 15 is 0 Å². The monoisotopic (exact) mass is 356 g/mol. The molecule has 0 bridgehead atoms. The van der Waals surface area contributed by atoms with Crippen LogP contribution in [-0.4, -0.2) is 5.11 Å². The molecule has 0 aromatic heterocycles. The number of aromatic hydroxyl groups is 1. The quantitative estimate of drug-likeness (QED) is 0.499. The van der Waals surface area contributed by atoms with Gasteiger partial charge in [0.25, 0.3) is 0 Å². The van der Waals surface area contributed by atoms with Crippen LogP contribution in [0.3, 0.4) is 0 Å². The largest absolute Gasteiger partial charge is 0.507 e. The first-order chi connectivity index (χ1) is 12.6. The molecule has 27 heavy (non-hydrogen) atoms. The summed E-state index contributed by atoms with van der Waals surface area (Å²) in [6.07, 6.45) is 0. The molecule has 0 heterocycles. The predicted octanol–water partition coefficient (Wildman–Crippen LogP) is 6.97. The minimum absolute atomic E-state index is 0.0335. The lowest BCUT2D eigenvalue weighted by Gasteiger charge is -2.24. The Morgan fingerprint density at radius 2 is 1.44 bits per heavy atom. The topological polar surface area (TPSA) is 20.2 Å². The highest BCUT2D eigenvalue weighted by atomic mass is 16.3. The fourth-order valence-corrected chi connectivity index (χ4v) is 4.44. The Morgan fingerprint density at radius 1 is 0.778 bits per heavy atom. The summed E-state index contributed by atoms with van der Waals surface area (Å²) in [5, 5.41) is 11.1. The second-order valence-corrected chi connectivity index (χ2v) is 9.39. The number of fused-ring (bicyclic) bond motifs is 3. The van der Waals surface area contributed by atoms with Crippen LogP contribution in [0.25, 0.3) is 22.3 Å². The molecule has 3 aromatic carbocycles.